The van der Waals surface area contributed by atoms with Crippen LogP contribution < -0.4 is 5.32 Å². The van der Waals surface area contributed by atoms with Crippen LogP contribution in [0.5, 0.6) is 0 Å². The molecule has 0 radical (unpaired) electrons. The van der Waals surface area contributed by atoms with E-state index in [1.165, 1.54) is 36.4 Å². The first kappa shape index (κ1) is 18.1. The summed E-state index contributed by atoms with van der Waals surface area (Å²) >= 11 is 0. The fraction of sp³-hybridized carbons (Fsp3) is 0.300. The third-order valence-corrected chi connectivity index (χ3v) is 6.81. The van der Waals surface area contributed by atoms with Gasteiger partial charge >= 0.3 is 0 Å². The van der Waals surface area contributed by atoms with Crippen LogP contribution in [-0.4, -0.2) is 25.6 Å². The van der Waals surface area contributed by atoms with E-state index in [1.54, 1.807) is 10.8 Å². The van der Waals surface area contributed by atoms with Gasteiger partial charge in [-0.25, -0.2) is 17.2 Å². The molecular formula is C20H20F2N2O2S. The standard InChI is InChI=1S/C20H20F2N2O2S/c21-14-4-3-6-17(10-14)27(25,26)20-13-24(12-16-5-1-2-9-23-16)19-11-15(22)7-8-18(19)20/h3-4,6-8,10-11,13,16,23H,1-2,5,9,12H2. The maximum Gasteiger partial charge on any atom is 0.208 e. The summed E-state index contributed by atoms with van der Waals surface area (Å²) < 4.78 is 55.4. The lowest BCUT2D eigenvalue weighted by Crippen LogP contribution is -2.37. The van der Waals surface area contributed by atoms with Gasteiger partial charge < -0.3 is 9.88 Å². The monoisotopic (exact) mass is 390 g/mol. The molecule has 0 bridgehead atoms. The lowest BCUT2D eigenvalue weighted by atomic mass is 10.1. The van der Waals surface area contributed by atoms with Crippen molar-refractivity contribution >= 4 is 20.7 Å². The van der Waals surface area contributed by atoms with E-state index in [0.717, 1.165) is 31.9 Å². The lowest BCUT2D eigenvalue weighted by Gasteiger charge is -2.24. The fourth-order valence-electron chi connectivity index (χ4n) is 3.67. The van der Waals surface area contributed by atoms with Crippen LogP contribution in [-0.2, 0) is 16.4 Å². The minimum absolute atomic E-state index is 0.0684. The Morgan fingerprint density at radius 2 is 1.89 bits per heavy atom. The van der Waals surface area contributed by atoms with E-state index in [9.17, 15) is 17.2 Å². The first-order chi connectivity index (χ1) is 12.9. The van der Waals surface area contributed by atoms with Crippen molar-refractivity contribution < 1.29 is 17.2 Å². The van der Waals surface area contributed by atoms with Crippen LogP contribution in [0, 0.1) is 11.6 Å². The highest BCUT2D eigenvalue weighted by atomic mass is 32.2. The zero-order valence-corrected chi connectivity index (χ0v) is 15.5. The van der Waals surface area contributed by atoms with Gasteiger partial charge in [0, 0.05) is 24.2 Å². The number of halogens is 2. The number of nitrogens with zero attached hydrogens (tertiary/aromatic N) is 1. The number of aromatic nitrogens is 1. The summed E-state index contributed by atoms with van der Waals surface area (Å²) in [5.41, 5.74) is 0.525. The van der Waals surface area contributed by atoms with Crippen molar-refractivity contribution in [1.82, 2.24) is 9.88 Å². The number of rotatable bonds is 4. The number of sulfone groups is 1. The third kappa shape index (κ3) is 3.49. The number of nitrogens with one attached hydrogen (secondary N) is 1. The van der Waals surface area contributed by atoms with Crippen LogP contribution in [0.3, 0.4) is 0 Å². The van der Waals surface area contributed by atoms with Crippen molar-refractivity contribution in [2.45, 2.75) is 41.6 Å². The minimum Gasteiger partial charge on any atom is -0.344 e. The summed E-state index contributed by atoms with van der Waals surface area (Å²) in [5, 5.41) is 3.86. The SMILES string of the molecule is O=S(=O)(c1cccc(F)c1)c1cn(CC2CCCCN2)c2cc(F)ccc12. The van der Waals surface area contributed by atoms with E-state index in [2.05, 4.69) is 5.32 Å². The molecule has 1 atom stereocenters. The Kier molecular flexibility index (Phi) is 4.74. The first-order valence-electron chi connectivity index (χ1n) is 8.97. The summed E-state index contributed by atoms with van der Waals surface area (Å²) in [6, 6.07) is 9.22. The molecule has 1 saturated heterocycles. The highest BCUT2D eigenvalue weighted by Gasteiger charge is 2.25. The van der Waals surface area contributed by atoms with Crippen molar-refractivity contribution in [3.63, 3.8) is 0 Å². The Bertz CT molecular complexity index is 1090. The molecule has 0 aliphatic carbocycles. The Labute approximate surface area is 156 Å². The topological polar surface area (TPSA) is 51.1 Å². The van der Waals surface area contributed by atoms with Crippen molar-refractivity contribution in [3.8, 4) is 0 Å². The second-order valence-corrected chi connectivity index (χ2v) is 8.83. The molecule has 7 heteroatoms. The van der Waals surface area contributed by atoms with Gasteiger partial charge in [0.05, 0.1) is 15.3 Å². The van der Waals surface area contributed by atoms with Crippen molar-refractivity contribution in [2.24, 2.45) is 0 Å². The molecule has 1 aromatic heterocycles. The second kappa shape index (κ2) is 7.05. The lowest BCUT2D eigenvalue weighted by molar-refractivity contribution is 0.366. The Hall–Kier alpha value is -2.25. The average Bonchev–Trinajstić information content (AvgIpc) is 3.01. The van der Waals surface area contributed by atoms with Crippen molar-refractivity contribution in [1.29, 1.82) is 0 Å². The van der Waals surface area contributed by atoms with Gasteiger partial charge in [0.2, 0.25) is 9.84 Å². The predicted molar refractivity (Wildman–Crippen MR) is 99.4 cm³/mol. The second-order valence-electron chi connectivity index (χ2n) is 6.91. The maximum absolute atomic E-state index is 13.8. The van der Waals surface area contributed by atoms with Gasteiger partial charge in [0.15, 0.2) is 0 Å². The number of hydrogen-bond donors (Lipinski definition) is 1. The Balaban J connectivity index is 1.83. The Morgan fingerprint density at radius 3 is 2.63 bits per heavy atom. The van der Waals surface area contributed by atoms with Gasteiger partial charge in [-0.05, 0) is 55.8 Å². The van der Waals surface area contributed by atoms with E-state index in [4.69, 9.17) is 0 Å². The van der Waals surface area contributed by atoms with Crippen molar-refractivity contribution in [3.05, 3.63) is 60.3 Å². The van der Waals surface area contributed by atoms with Crippen LogP contribution in [0.4, 0.5) is 8.78 Å². The largest absolute Gasteiger partial charge is 0.344 e. The molecule has 27 heavy (non-hydrogen) atoms. The van der Waals surface area contributed by atoms with Gasteiger partial charge in [-0.15, -0.1) is 0 Å². The maximum atomic E-state index is 13.8. The summed E-state index contributed by atoms with van der Waals surface area (Å²) in [6.07, 6.45) is 4.76. The number of benzene rings is 2. The molecule has 1 unspecified atom stereocenters. The van der Waals surface area contributed by atoms with E-state index in [0.29, 0.717) is 17.4 Å². The smallest absolute Gasteiger partial charge is 0.208 e. The molecule has 0 spiro atoms. The molecule has 1 aliphatic heterocycles. The molecular weight excluding hydrogens is 370 g/mol. The molecule has 2 heterocycles. The predicted octanol–water partition coefficient (Wildman–Crippen LogP) is 3.89. The minimum atomic E-state index is -3.92. The quantitative estimate of drug-likeness (QED) is 0.735. The average molecular weight is 390 g/mol. The Morgan fingerprint density at radius 1 is 1.07 bits per heavy atom. The summed E-state index contributed by atoms with van der Waals surface area (Å²) in [5.74, 6) is -1.04. The molecule has 2 aromatic carbocycles. The summed E-state index contributed by atoms with van der Waals surface area (Å²) in [6.45, 7) is 1.48. The molecule has 1 fully saturated rings. The van der Waals surface area contributed by atoms with E-state index in [1.807, 2.05) is 0 Å². The van der Waals surface area contributed by atoms with E-state index >= 15 is 0 Å². The van der Waals surface area contributed by atoms with Gasteiger partial charge in [-0.3, -0.25) is 0 Å². The molecule has 4 rings (SSSR count). The molecule has 1 aliphatic rings. The number of hydrogen-bond acceptors (Lipinski definition) is 3. The molecule has 0 amide bonds. The van der Waals surface area contributed by atoms with E-state index < -0.39 is 21.5 Å². The zero-order chi connectivity index (χ0) is 19.0. The zero-order valence-electron chi connectivity index (χ0n) is 14.7. The van der Waals surface area contributed by atoms with Crippen LogP contribution in [0.2, 0.25) is 0 Å². The van der Waals surface area contributed by atoms with Crippen LogP contribution in [0.25, 0.3) is 10.9 Å². The van der Waals surface area contributed by atoms with Crippen molar-refractivity contribution in [2.75, 3.05) is 6.54 Å². The first-order valence-corrected chi connectivity index (χ1v) is 10.5. The summed E-state index contributed by atoms with van der Waals surface area (Å²) in [7, 11) is -3.92. The van der Waals surface area contributed by atoms with Crippen LogP contribution in [0.1, 0.15) is 19.3 Å². The highest BCUT2D eigenvalue weighted by Crippen LogP contribution is 2.31. The molecule has 1 N–H and O–H groups in total. The molecule has 0 saturated carbocycles. The third-order valence-electron chi connectivity index (χ3n) is 5.03. The number of fused-ring (bicyclic) bond motifs is 1. The van der Waals surface area contributed by atoms with Gasteiger partial charge in [0.25, 0.3) is 0 Å². The number of piperidine rings is 1. The normalized spacial score (nSPS) is 18.1. The molecule has 3 aromatic rings. The van der Waals surface area contributed by atoms with Gasteiger partial charge in [-0.2, -0.15) is 0 Å². The van der Waals surface area contributed by atoms with Gasteiger partial charge in [0.1, 0.15) is 11.6 Å². The highest BCUT2D eigenvalue weighted by molar-refractivity contribution is 7.91. The van der Waals surface area contributed by atoms with Gasteiger partial charge in [-0.1, -0.05) is 12.5 Å². The van der Waals surface area contributed by atoms with E-state index in [-0.39, 0.29) is 15.8 Å². The molecule has 142 valence electrons. The summed E-state index contributed by atoms with van der Waals surface area (Å²) in [4.78, 5) is -0.0411. The fourth-order valence-corrected chi connectivity index (χ4v) is 5.18. The molecule has 4 nitrogen and oxygen atoms in total. The van der Waals surface area contributed by atoms with Crippen LogP contribution in [0.15, 0.2) is 58.5 Å². The van der Waals surface area contributed by atoms with Crippen LogP contribution >= 0.6 is 0 Å².